The molecule has 2 saturated heterocycles. The number of pyridine rings is 1. The Labute approximate surface area is 154 Å². The zero-order chi connectivity index (χ0) is 18.6. The molecule has 1 amide bonds. The van der Waals surface area contributed by atoms with Crippen molar-refractivity contribution in [2.24, 2.45) is 0 Å². The third kappa shape index (κ3) is 4.06. The quantitative estimate of drug-likeness (QED) is 0.711. The van der Waals surface area contributed by atoms with Crippen LogP contribution < -0.4 is 0 Å². The van der Waals surface area contributed by atoms with E-state index in [1.54, 1.807) is 18.3 Å². The first kappa shape index (κ1) is 19.2. The van der Waals surface area contributed by atoms with E-state index in [1.807, 2.05) is 4.90 Å². The first-order valence-corrected chi connectivity index (χ1v) is 10.3. The lowest BCUT2D eigenvalue weighted by Gasteiger charge is -2.38. The van der Waals surface area contributed by atoms with Crippen molar-refractivity contribution in [1.82, 2.24) is 14.2 Å². The average Bonchev–Trinajstić information content (AvgIpc) is 3.14. The summed E-state index contributed by atoms with van der Waals surface area (Å²) in [4.78, 5) is 18.6. The Balaban J connectivity index is 1.76. The van der Waals surface area contributed by atoms with Gasteiger partial charge in [-0.3, -0.25) is 9.78 Å². The summed E-state index contributed by atoms with van der Waals surface area (Å²) in [7, 11) is -2.10. The number of rotatable bonds is 6. The molecule has 0 spiro atoms. The van der Waals surface area contributed by atoms with E-state index in [2.05, 4.69) is 4.98 Å². The lowest BCUT2D eigenvalue weighted by molar-refractivity contribution is -0.142. The van der Waals surface area contributed by atoms with Crippen LogP contribution in [-0.4, -0.2) is 80.6 Å². The fourth-order valence-electron chi connectivity index (χ4n) is 3.67. The number of carbonyl (C=O) groups is 1. The summed E-state index contributed by atoms with van der Waals surface area (Å²) in [5, 5.41) is 0. The van der Waals surface area contributed by atoms with Crippen LogP contribution in [-0.2, 0) is 24.3 Å². The van der Waals surface area contributed by atoms with Crippen molar-refractivity contribution < 1.29 is 22.7 Å². The molecule has 1 aromatic rings. The van der Waals surface area contributed by atoms with E-state index in [0.717, 1.165) is 12.8 Å². The van der Waals surface area contributed by atoms with Crippen molar-refractivity contribution in [3.05, 3.63) is 24.5 Å². The number of nitrogens with zero attached hydrogens (tertiary/aromatic N) is 3. The highest BCUT2D eigenvalue weighted by atomic mass is 32.2. The van der Waals surface area contributed by atoms with E-state index in [1.165, 1.54) is 17.6 Å². The first-order chi connectivity index (χ1) is 12.5. The minimum absolute atomic E-state index is 0.00319. The number of amides is 1. The molecule has 2 fully saturated rings. The number of hydrogen-bond donors (Lipinski definition) is 0. The van der Waals surface area contributed by atoms with Crippen LogP contribution in [0.2, 0.25) is 0 Å². The van der Waals surface area contributed by atoms with Crippen LogP contribution in [0.25, 0.3) is 0 Å². The molecule has 0 aliphatic carbocycles. The summed E-state index contributed by atoms with van der Waals surface area (Å²) in [6, 6.07) is 3.07. The predicted molar refractivity (Wildman–Crippen MR) is 94.0 cm³/mol. The van der Waals surface area contributed by atoms with Gasteiger partial charge in [-0.25, -0.2) is 8.42 Å². The Morgan fingerprint density at radius 2 is 2.12 bits per heavy atom. The normalized spacial score (nSPS) is 22.4. The van der Waals surface area contributed by atoms with Gasteiger partial charge in [0.25, 0.3) is 0 Å². The second-order valence-corrected chi connectivity index (χ2v) is 8.51. The molecular formula is C17H25N3O5S. The van der Waals surface area contributed by atoms with E-state index >= 15 is 0 Å². The van der Waals surface area contributed by atoms with Crippen molar-refractivity contribution in [3.63, 3.8) is 0 Å². The Bertz CT molecular complexity index is 706. The summed E-state index contributed by atoms with van der Waals surface area (Å²) in [6.45, 7) is 1.92. The van der Waals surface area contributed by atoms with Crippen LogP contribution in [0.3, 0.4) is 0 Å². The van der Waals surface area contributed by atoms with Gasteiger partial charge in [-0.2, -0.15) is 4.31 Å². The summed E-state index contributed by atoms with van der Waals surface area (Å²) < 4.78 is 37.5. The lowest BCUT2D eigenvalue weighted by Crippen LogP contribution is -2.51. The van der Waals surface area contributed by atoms with Gasteiger partial charge in [0.1, 0.15) is 11.5 Å². The van der Waals surface area contributed by atoms with Crippen molar-refractivity contribution in [1.29, 1.82) is 0 Å². The molecule has 3 heterocycles. The summed E-state index contributed by atoms with van der Waals surface area (Å²) in [5.41, 5.74) is 0. The Kier molecular flexibility index (Phi) is 6.23. The van der Waals surface area contributed by atoms with Crippen LogP contribution in [0.4, 0.5) is 0 Å². The smallest absolute Gasteiger partial charge is 0.249 e. The largest absolute Gasteiger partial charge is 0.381 e. The van der Waals surface area contributed by atoms with Crippen molar-refractivity contribution in [2.75, 3.05) is 40.0 Å². The number of methoxy groups -OCH3 is 1. The molecule has 0 bridgehead atoms. The van der Waals surface area contributed by atoms with Crippen LogP contribution in [0.1, 0.15) is 19.3 Å². The minimum Gasteiger partial charge on any atom is -0.381 e. The maximum Gasteiger partial charge on any atom is 0.249 e. The molecule has 9 heteroatoms. The molecule has 1 atom stereocenters. The molecule has 26 heavy (non-hydrogen) atoms. The molecule has 1 aromatic heterocycles. The van der Waals surface area contributed by atoms with Crippen LogP contribution in [0.15, 0.2) is 29.4 Å². The molecule has 144 valence electrons. The van der Waals surface area contributed by atoms with Gasteiger partial charge in [0.15, 0.2) is 0 Å². The zero-order valence-electron chi connectivity index (χ0n) is 14.9. The predicted octanol–water partition coefficient (Wildman–Crippen LogP) is 0.499. The Morgan fingerprint density at radius 3 is 2.77 bits per heavy atom. The highest BCUT2D eigenvalue weighted by molar-refractivity contribution is 7.89. The Morgan fingerprint density at radius 1 is 1.35 bits per heavy atom. The average molecular weight is 383 g/mol. The van der Waals surface area contributed by atoms with Crippen LogP contribution in [0.5, 0.6) is 0 Å². The summed E-state index contributed by atoms with van der Waals surface area (Å²) in [6.07, 6.45) is 5.05. The summed E-state index contributed by atoms with van der Waals surface area (Å²) >= 11 is 0. The van der Waals surface area contributed by atoms with Gasteiger partial charge in [0.2, 0.25) is 15.9 Å². The van der Waals surface area contributed by atoms with Gasteiger partial charge < -0.3 is 14.4 Å². The van der Waals surface area contributed by atoms with E-state index in [9.17, 15) is 13.2 Å². The minimum atomic E-state index is -3.60. The van der Waals surface area contributed by atoms with Crippen LogP contribution >= 0.6 is 0 Å². The van der Waals surface area contributed by atoms with Gasteiger partial charge in [-0.1, -0.05) is 0 Å². The second-order valence-electron chi connectivity index (χ2n) is 6.57. The molecule has 0 N–H and O–H groups in total. The molecular weight excluding hydrogens is 358 g/mol. The second kappa shape index (κ2) is 8.43. The third-order valence-electron chi connectivity index (χ3n) is 4.93. The van der Waals surface area contributed by atoms with Crippen LogP contribution in [0, 0.1) is 0 Å². The standard InChI is InChI=1S/C17H25N3O5S/c1-24-13-17(21)20(14-5-9-25-10-6-14)15-4-8-19(12-15)26(22,23)16-3-2-7-18-11-16/h2-3,7,11,14-15H,4-6,8-10,12-13H2,1H3. The molecule has 2 aliphatic rings. The number of hydrogen-bond acceptors (Lipinski definition) is 6. The molecule has 0 radical (unpaired) electrons. The van der Waals surface area contributed by atoms with Crippen molar-refractivity contribution in [3.8, 4) is 0 Å². The van der Waals surface area contributed by atoms with Gasteiger partial charge >= 0.3 is 0 Å². The molecule has 0 aromatic carbocycles. The van der Waals surface area contributed by atoms with E-state index < -0.39 is 10.0 Å². The Hall–Kier alpha value is -1.55. The zero-order valence-corrected chi connectivity index (χ0v) is 15.7. The third-order valence-corrected chi connectivity index (χ3v) is 6.78. The number of ether oxygens (including phenoxy) is 2. The monoisotopic (exact) mass is 383 g/mol. The fourth-order valence-corrected chi connectivity index (χ4v) is 5.13. The maximum atomic E-state index is 12.8. The summed E-state index contributed by atoms with van der Waals surface area (Å²) in [5.74, 6) is -0.0926. The molecule has 3 rings (SSSR count). The maximum absolute atomic E-state index is 12.8. The molecule has 2 aliphatic heterocycles. The van der Waals surface area contributed by atoms with Gasteiger partial charge in [-0.15, -0.1) is 0 Å². The van der Waals surface area contributed by atoms with E-state index in [0.29, 0.717) is 32.7 Å². The van der Waals surface area contributed by atoms with Gasteiger partial charge in [0.05, 0.1) is 0 Å². The van der Waals surface area contributed by atoms with Gasteiger partial charge in [0, 0.05) is 57.9 Å². The molecule has 0 saturated carbocycles. The fraction of sp³-hybridized carbons (Fsp3) is 0.647. The SMILES string of the molecule is COCC(=O)N(C1CCOCC1)C1CCN(S(=O)(=O)c2cccnc2)C1. The number of sulfonamides is 1. The molecule has 1 unspecified atom stereocenters. The first-order valence-electron chi connectivity index (χ1n) is 8.82. The van der Waals surface area contributed by atoms with E-state index in [4.69, 9.17) is 9.47 Å². The van der Waals surface area contributed by atoms with Crippen molar-refractivity contribution >= 4 is 15.9 Å². The van der Waals surface area contributed by atoms with Gasteiger partial charge in [-0.05, 0) is 31.4 Å². The highest BCUT2D eigenvalue weighted by Gasteiger charge is 2.39. The number of carbonyl (C=O) groups excluding carboxylic acids is 1. The highest BCUT2D eigenvalue weighted by Crippen LogP contribution is 2.27. The van der Waals surface area contributed by atoms with E-state index in [-0.39, 0.29) is 29.5 Å². The molecule has 8 nitrogen and oxygen atoms in total. The lowest BCUT2D eigenvalue weighted by atomic mass is 10.0. The topological polar surface area (TPSA) is 89.0 Å². The van der Waals surface area contributed by atoms with Crippen molar-refractivity contribution in [2.45, 2.75) is 36.2 Å². The number of aromatic nitrogens is 1.